The van der Waals surface area contributed by atoms with Gasteiger partial charge in [-0.05, 0) is 18.9 Å². The van der Waals surface area contributed by atoms with Gasteiger partial charge < -0.3 is 5.32 Å². The number of benzene rings is 1. The van der Waals surface area contributed by atoms with Crippen molar-refractivity contribution in [1.29, 1.82) is 5.26 Å². The van der Waals surface area contributed by atoms with Crippen LogP contribution in [0.1, 0.15) is 18.5 Å². The summed E-state index contributed by atoms with van der Waals surface area (Å²) < 4.78 is 23.7. The Morgan fingerprint density at radius 1 is 1.33 bits per heavy atom. The van der Waals surface area contributed by atoms with Crippen molar-refractivity contribution in [2.75, 3.05) is 17.6 Å². The van der Waals surface area contributed by atoms with Crippen molar-refractivity contribution < 1.29 is 8.42 Å². The molecule has 0 saturated carbocycles. The van der Waals surface area contributed by atoms with E-state index in [0.717, 1.165) is 5.39 Å². The third kappa shape index (κ3) is 2.54. The van der Waals surface area contributed by atoms with Crippen LogP contribution >= 0.6 is 0 Å². The van der Waals surface area contributed by atoms with E-state index in [4.69, 9.17) is 5.26 Å². The maximum Gasteiger partial charge on any atom is 0.186 e. The first-order chi connectivity index (χ1) is 10.1. The van der Waals surface area contributed by atoms with Crippen molar-refractivity contribution in [2.24, 2.45) is 0 Å². The van der Waals surface area contributed by atoms with Gasteiger partial charge in [0.1, 0.15) is 6.07 Å². The summed E-state index contributed by atoms with van der Waals surface area (Å²) in [5.74, 6) is 0.250. The molecule has 108 valence electrons. The maximum atomic E-state index is 11.9. The molecule has 1 saturated heterocycles. The molecule has 1 aliphatic heterocycles. The van der Waals surface area contributed by atoms with Gasteiger partial charge in [0.2, 0.25) is 0 Å². The van der Waals surface area contributed by atoms with E-state index in [1.807, 2.05) is 24.3 Å². The fourth-order valence-electron chi connectivity index (χ4n) is 2.61. The van der Waals surface area contributed by atoms with Crippen molar-refractivity contribution in [3.8, 4) is 6.07 Å². The number of nitrogens with zero attached hydrogens (tertiary/aromatic N) is 3. The minimum Gasteiger partial charge on any atom is -0.381 e. The molecule has 21 heavy (non-hydrogen) atoms. The molecule has 0 spiro atoms. The molecule has 0 aliphatic carbocycles. The van der Waals surface area contributed by atoms with Crippen LogP contribution < -0.4 is 5.32 Å². The minimum atomic E-state index is -3.01. The van der Waals surface area contributed by atoms with E-state index in [1.54, 1.807) is 6.07 Å². The molecule has 7 heteroatoms. The fourth-order valence-corrected chi connectivity index (χ4v) is 4.38. The second kappa shape index (κ2) is 5.30. The van der Waals surface area contributed by atoms with Crippen molar-refractivity contribution in [3.63, 3.8) is 0 Å². The lowest BCUT2D eigenvalue weighted by molar-refractivity contribution is 0.591. The molecule has 0 bridgehead atoms. The summed E-state index contributed by atoms with van der Waals surface area (Å²) in [4.78, 5) is 0. The molecule has 1 fully saturated rings. The SMILES string of the molecule is N#Cc1nnc2ccccc2c1NCC1CCCS1(=O)=O. The van der Waals surface area contributed by atoms with E-state index in [1.165, 1.54) is 0 Å². The molecule has 1 N–H and O–H groups in total. The number of aromatic nitrogens is 2. The number of hydrogen-bond donors (Lipinski definition) is 1. The molecule has 3 rings (SSSR count). The van der Waals surface area contributed by atoms with Crippen LogP contribution in [0.5, 0.6) is 0 Å². The molecule has 0 radical (unpaired) electrons. The highest BCUT2D eigenvalue weighted by molar-refractivity contribution is 7.92. The molecule has 1 aromatic heterocycles. The molecule has 1 aliphatic rings. The van der Waals surface area contributed by atoms with Crippen molar-refractivity contribution in [1.82, 2.24) is 10.2 Å². The summed E-state index contributed by atoms with van der Waals surface area (Å²) in [6.45, 7) is 0.298. The number of fused-ring (bicyclic) bond motifs is 1. The average Bonchev–Trinajstić information content (AvgIpc) is 2.83. The number of nitrogens with one attached hydrogen (secondary N) is 1. The summed E-state index contributed by atoms with van der Waals surface area (Å²) >= 11 is 0. The molecule has 0 amide bonds. The second-order valence-corrected chi connectivity index (χ2v) is 7.47. The first kappa shape index (κ1) is 13.8. The number of anilines is 1. The van der Waals surface area contributed by atoms with Gasteiger partial charge in [0.05, 0.1) is 22.2 Å². The van der Waals surface area contributed by atoms with Gasteiger partial charge in [-0.15, -0.1) is 10.2 Å². The highest BCUT2D eigenvalue weighted by Gasteiger charge is 2.31. The van der Waals surface area contributed by atoms with Crippen LogP contribution in [0.15, 0.2) is 24.3 Å². The Balaban J connectivity index is 1.95. The molecule has 6 nitrogen and oxygen atoms in total. The summed E-state index contributed by atoms with van der Waals surface area (Å²) in [6, 6.07) is 9.34. The Kier molecular flexibility index (Phi) is 3.47. The van der Waals surface area contributed by atoms with Crippen LogP contribution in [-0.4, -0.2) is 36.2 Å². The maximum absolute atomic E-state index is 11.9. The quantitative estimate of drug-likeness (QED) is 0.923. The van der Waals surface area contributed by atoms with Crippen molar-refractivity contribution >= 4 is 26.4 Å². The Morgan fingerprint density at radius 3 is 2.86 bits per heavy atom. The van der Waals surface area contributed by atoms with Crippen LogP contribution in [0.2, 0.25) is 0 Å². The van der Waals surface area contributed by atoms with E-state index in [-0.39, 0.29) is 11.4 Å². The van der Waals surface area contributed by atoms with E-state index < -0.39 is 15.1 Å². The van der Waals surface area contributed by atoms with E-state index in [0.29, 0.717) is 30.6 Å². The number of rotatable bonds is 3. The Bertz CT molecular complexity index is 826. The number of nitriles is 1. The first-order valence-electron chi connectivity index (χ1n) is 6.73. The Labute approximate surface area is 122 Å². The third-order valence-corrected chi connectivity index (χ3v) is 6.02. The molecular weight excluding hydrogens is 288 g/mol. The zero-order valence-electron chi connectivity index (χ0n) is 11.3. The largest absolute Gasteiger partial charge is 0.381 e. The predicted molar refractivity (Wildman–Crippen MR) is 79.6 cm³/mol. The highest BCUT2D eigenvalue weighted by Crippen LogP contribution is 2.26. The van der Waals surface area contributed by atoms with Crippen LogP contribution in [0.3, 0.4) is 0 Å². The molecule has 2 heterocycles. The van der Waals surface area contributed by atoms with E-state index in [2.05, 4.69) is 15.5 Å². The van der Waals surface area contributed by atoms with Gasteiger partial charge in [-0.3, -0.25) is 0 Å². The van der Waals surface area contributed by atoms with Gasteiger partial charge in [-0.1, -0.05) is 18.2 Å². The number of hydrogen-bond acceptors (Lipinski definition) is 6. The average molecular weight is 302 g/mol. The summed E-state index contributed by atoms with van der Waals surface area (Å²) in [5.41, 5.74) is 1.42. The van der Waals surface area contributed by atoms with Crippen molar-refractivity contribution in [2.45, 2.75) is 18.1 Å². The van der Waals surface area contributed by atoms with Crippen LogP contribution in [0.4, 0.5) is 5.69 Å². The van der Waals surface area contributed by atoms with Gasteiger partial charge in [-0.25, -0.2) is 8.42 Å². The first-order valence-corrected chi connectivity index (χ1v) is 8.44. The Hall–Kier alpha value is -2.20. The molecule has 1 unspecified atom stereocenters. The lowest BCUT2D eigenvalue weighted by Crippen LogP contribution is -2.25. The monoisotopic (exact) mass is 302 g/mol. The zero-order valence-corrected chi connectivity index (χ0v) is 12.1. The smallest absolute Gasteiger partial charge is 0.186 e. The van der Waals surface area contributed by atoms with E-state index >= 15 is 0 Å². The fraction of sp³-hybridized carbons (Fsp3) is 0.357. The van der Waals surface area contributed by atoms with Crippen molar-refractivity contribution in [3.05, 3.63) is 30.0 Å². The lowest BCUT2D eigenvalue weighted by atomic mass is 10.1. The predicted octanol–water partition coefficient (Wildman–Crippen LogP) is 1.49. The van der Waals surface area contributed by atoms with Crippen LogP contribution in [-0.2, 0) is 9.84 Å². The van der Waals surface area contributed by atoms with Crippen LogP contribution in [0.25, 0.3) is 10.9 Å². The highest BCUT2D eigenvalue weighted by atomic mass is 32.2. The standard InChI is InChI=1S/C14H14N4O2S/c15-8-13-14(11-5-1-2-6-12(11)17-18-13)16-9-10-4-3-7-21(10,19)20/h1-2,5-6,10H,3-4,7,9H2,(H,16,17). The molecule has 2 aromatic rings. The molecule has 1 aromatic carbocycles. The van der Waals surface area contributed by atoms with Gasteiger partial charge in [0.15, 0.2) is 15.5 Å². The van der Waals surface area contributed by atoms with Gasteiger partial charge in [0, 0.05) is 11.9 Å². The summed E-state index contributed by atoms with van der Waals surface area (Å²) in [6.07, 6.45) is 1.36. The summed E-state index contributed by atoms with van der Waals surface area (Å²) in [7, 11) is -3.01. The summed E-state index contributed by atoms with van der Waals surface area (Å²) in [5, 5.41) is 20.5. The van der Waals surface area contributed by atoms with Crippen LogP contribution in [0, 0.1) is 11.3 Å². The Morgan fingerprint density at radius 2 is 2.14 bits per heavy atom. The van der Waals surface area contributed by atoms with Gasteiger partial charge in [-0.2, -0.15) is 5.26 Å². The van der Waals surface area contributed by atoms with Gasteiger partial charge >= 0.3 is 0 Å². The third-order valence-electron chi connectivity index (χ3n) is 3.74. The molecule has 1 atom stereocenters. The topological polar surface area (TPSA) is 95.7 Å². The lowest BCUT2D eigenvalue weighted by Gasteiger charge is -2.14. The van der Waals surface area contributed by atoms with E-state index in [9.17, 15) is 8.42 Å². The number of sulfone groups is 1. The zero-order chi connectivity index (χ0) is 14.9. The second-order valence-electron chi connectivity index (χ2n) is 5.06. The normalized spacial score (nSPS) is 20.2. The van der Waals surface area contributed by atoms with Gasteiger partial charge in [0.25, 0.3) is 0 Å². The molecular formula is C14H14N4O2S. The minimum absolute atomic E-state index is 0.184.